The van der Waals surface area contributed by atoms with E-state index < -0.39 is 0 Å². The van der Waals surface area contributed by atoms with E-state index in [9.17, 15) is 0 Å². The van der Waals surface area contributed by atoms with Crippen LogP contribution in [-0.2, 0) is 6.61 Å². The number of thiophene rings is 1. The lowest BCUT2D eigenvalue weighted by molar-refractivity contribution is 0.306. The Bertz CT molecular complexity index is 884. The molecule has 0 amide bonds. The fraction of sp³-hybridized carbons (Fsp3) is 0.0500. The normalized spacial score (nSPS) is 10.6. The molecule has 0 radical (unpaired) electrons. The first-order chi connectivity index (χ1) is 12.4. The highest BCUT2D eigenvalue weighted by Gasteiger charge is 2.10. The summed E-state index contributed by atoms with van der Waals surface area (Å²) in [6, 6.07) is 17.4. The Morgan fingerprint density at radius 1 is 0.800 bits per heavy atom. The number of hydrogen-bond acceptors (Lipinski definition) is 5. The highest BCUT2D eigenvalue weighted by Crippen LogP contribution is 2.27. The second-order valence-corrected chi connectivity index (χ2v) is 6.20. The first-order valence-electron chi connectivity index (χ1n) is 7.87. The van der Waals surface area contributed by atoms with Gasteiger partial charge in [-0.25, -0.2) is 4.98 Å². The molecule has 0 aliphatic rings. The molecular formula is C20H15N3OS. The van der Waals surface area contributed by atoms with E-state index in [-0.39, 0.29) is 0 Å². The van der Waals surface area contributed by atoms with Crippen molar-refractivity contribution in [2.75, 3.05) is 0 Å². The highest BCUT2D eigenvalue weighted by molar-refractivity contribution is 7.07. The average Bonchev–Trinajstić information content (AvgIpc) is 3.21. The first kappa shape index (κ1) is 15.5. The molecule has 4 rings (SSSR count). The van der Waals surface area contributed by atoms with Crippen molar-refractivity contribution >= 4 is 11.3 Å². The number of nitrogens with zero attached hydrogens (tertiary/aromatic N) is 3. The fourth-order valence-electron chi connectivity index (χ4n) is 2.42. The predicted octanol–water partition coefficient (Wildman–Crippen LogP) is 4.85. The molecule has 0 spiro atoms. The summed E-state index contributed by atoms with van der Waals surface area (Å²) in [5, 5.41) is 4.13. The van der Waals surface area contributed by atoms with Crippen LogP contribution in [0.15, 0.2) is 77.8 Å². The summed E-state index contributed by atoms with van der Waals surface area (Å²) in [5.41, 5.74) is 4.30. The SMILES string of the molecule is c1ccc(-c2cc(OCc3ccsc3)cc(-c3ccccn3)n2)nc1. The van der Waals surface area contributed by atoms with Gasteiger partial charge < -0.3 is 4.74 Å². The zero-order chi connectivity index (χ0) is 16.9. The highest BCUT2D eigenvalue weighted by atomic mass is 32.1. The lowest BCUT2D eigenvalue weighted by Gasteiger charge is -2.10. The van der Waals surface area contributed by atoms with Crippen LogP contribution < -0.4 is 4.74 Å². The van der Waals surface area contributed by atoms with Crippen molar-refractivity contribution < 1.29 is 4.74 Å². The van der Waals surface area contributed by atoms with Crippen molar-refractivity contribution in [3.05, 3.63) is 83.3 Å². The molecule has 4 aromatic heterocycles. The van der Waals surface area contributed by atoms with Gasteiger partial charge in [-0.2, -0.15) is 11.3 Å². The molecule has 4 nitrogen and oxygen atoms in total. The summed E-state index contributed by atoms with van der Waals surface area (Å²) < 4.78 is 5.99. The van der Waals surface area contributed by atoms with Crippen LogP contribution in [0.25, 0.3) is 22.8 Å². The standard InChI is InChI=1S/C20H15N3OS/c1-3-8-21-17(5-1)19-11-16(24-13-15-7-10-25-14-15)12-20(23-19)18-6-2-4-9-22-18/h1-12,14H,13H2. The van der Waals surface area contributed by atoms with E-state index in [4.69, 9.17) is 9.72 Å². The van der Waals surface area contributed by atoms with Crippen LogP contribution in [0.2, 0.25) is 0 Å². The zero-order valence-corrected chi connectivity index (χ0v) is 14.2. The first-order valence-corrected chi connectivity index (χ1v) is 8.81. The van der Waals surface area contributed by atoms with Gasteiger partial charge in [0.25, 0.3) is 0 Å². The van der Waals surface area contributed by atoms with Crippen LogP contribution >= 0.6 is 11.3 Å². The number of ether oxygens (including phenoxy) is 1. The third kappa shape index (κ3) is 3.72. The summed E-state index contributed by atoms with van der Waals surface area (Å²) in [7, 11) is 0. The fourth-order valence-corrected chi connectivity index (χ4v) is 3.07. The maximum absolute atomic E-state index is 5.99. The lowest BCUT2D eigenvalue weighted by Crippen LogP contribution is -1.98. The van der Waals surface area contributed by atoms with E-state index in [0.29, 0.717) is 6.61 Å². The average molecular weight is 345 g/mol. The molecule has 0 saturated heterocycles. The topological polar surface area (TPSA) is 47.9 Å². The molecule has 0 bridgehead atoms. The largest absolute Gasteiger partial charge is 0.489 e. The smallest absolute Gasteiger partial charge is 0.124 e. The molecule has 0 atom stereocenters. The summed E-state index contributed by atoms with van der Waals surface area (Å²) in [4.78, 5) is 13.5. The van der Waals surface area contributed by atoms with E-state index in [2.05, 4.69) is 21.4 Å². The quantitative estimate of drug-likeness (QED) is 0.519. The second-order valence-electron chi connectivity index (χ2n) is 5.42. The number of hydrogen-bond donors (Lipinski definition) is 0. The van der Waals surface area contributed by atoms with E-state index in [1.165, 1.54) is 0 Å². The molecular weight excluding hydrogens is 330 g/mol. The molecule has 0 fully saturated rings. The lowest BCUT2D eigenvalue weighted by atomic mass is 10.2. The minimum Gasteiger partial charge on any atom is -0.489 e. The van der Waals surface area contributed by atoms with Gasteiger partial charge in [-0.15, -0.1) is 0 Å². The van der Waals surface area contributed by atoms with E-state index >= 15 is 0 Å². The molecule has 0 unspecified atom stereocenters. The summed E-state index contributed by atoms with van der Waals surface area (Å²) in [6.07, 6.45) is 3.52. The van der Waals surface area contributed by atoms with Gasteiger partial charge >= 0.3 is 0 Å². The molecule has 4 aromatic rings. The van der Waals surface area contributed by atoms with E-state index in [0.717, 1.165) is 34.1 Å². The molecule has 0 N–H and O–H groups in total. The third-order valence-electron chi connectivity index (χ3n) is 3.64. The van der Waals surface area contributed by atoms with Crippen molar-refractivity contribution in [1.29, 1.82) is 0 Å². The predicted molar refractivity (Wildman–Crippen MR) is 99.4 cm³/mol. The van der Waals surface area contributed by atoms with Crippen molar-refractivity contribution in [3.63, 3.8) is 0 Å². The molecule has 0 saturated carbocycles. The van der Waals surface area contributed by atoms with Crippen LogP contribution in [0.5, 0.6) is 5.75 Å². The van der Waals surface area contributed by atoms with Gasteiger partial charge in [0, 0.05) is 24.5 Å². The van der Waals surface area contributed by atoms with Crippen molar-refractivity contribution in [2.24, 2.45) is 0 Å². The van der Waals surface area contributed by atoms with Gasteiger partial charge in [-0.3, -0.25) is 9.97 Å². The van der Waals surface area contributed by atoms with Crippen LogP contribution in [-0.4, -0.2) is 15.0 Å². The third-order valence-corrected chi connectivity index (χ3v) is 4.37. The zero-order valence-electron chi connectivity index (χ0n) is 13.4. The van der Waals surface area contributed by atoms with Gasteiger partial charge in [0.15, 0.2) is 0 Å². The Hall–Kier alpha value is -3.05. The maximum atomic E-state index is 5.99. The van der Waals surface area contributed by atoms with Gasteiger partial charge in [-0.1, -0.05) is 12.1 Å². The van der Waals surface area contributed by atoms with Crippen LogP contribution in [0.3, 0.4) is 0 Å². The Morgan fingerprint density at radius 2 is 1.48 bits per heavy atom. The minimum atomic E-state index is 0.525. The summed E-state index contributed by atoms with van der Waals surface area (Å²) in [6.45, 7) is 0.525. The Labute approximate surface area is 149 Å². The van der Waals surface area contributed by atoms with Crippen molar-refractivity contribution in [2.45, 2.75) is 6.61 Å². The monoisotopic (exact) mass is 345 g/mol. The van der Waals surface area contributed by atoms with Crippen LogP contribution in [0.1, 0.15) is 5.56 Å². The van der Waals surface area contributed by atoms with Gasteiger partial charge in [-0.05, 0) is 46.7 Å². The number of aromatic nitrogens is 3. The Balaban J connectivity index is 1.72. The molecule has 122 valence electrons. The number of rotatable bonds is 5. The number of pyridine rings is 3. The molecule has 25 heavy (non-hydrogen) atoms. The van der Waals surface area contributed by atoms with Crippen molar-refractivity contribution in [1.82, 2.24) is 15.0 Å². The van der Waals surface area contributed by atoms with Gasteiger partial charge in [0.2, 0.25) is 0 Å². The Kier molecular flexibility index (Phi) is 4.48. The van der Waals surface area contributed by atoms with E-state index in [1.807, 2.05) is 53.9 Å². The Morgan fingerprint density at radius 3 is 2.00 bits per heavy atom. The minimum absolute atomic E-state index is 0.525. The van der Waals surface area contributed by atoms with Gasteiger partial charge in [0.05, 0.1) is 22.8 Å². The van der Waals surface area contributed by atoms with E-state index in [1.54, 1.807) is 23.7 Å². The van der Waals surface area contributed by atoms with Crippen LogP contribution in [0, 0.1) is 0 Å². The molecule has 0 aliphatic carbocycles. The summed E-state index contributed by atoms with van der Waals surface area (Å²) in [5.74, 6) is 0.752. The summed E-state index contributed by atoms with van der Waals surface area (Å²) >= 11 is 1.66. The molecule has 4 heterocycles. The molecule has 0 aliphatic heterocycles. The maximum Gasteiger partial charge on any atom is 0.124 e. The molecule has 5 heteroatoms. The van der Waals surface area contributed by atoms with Gasteiger partial charge in [0.1, 0.15) is 12.4 Å². The van der Waals surface area contributed by atoms with Crippen molar-refractivity contribution in [3.8, 4) is 28.5 Å². The molecule has 0 aromatic carbocycles. The second kappa shape index (κ2) is 7.23. The van der Waals surface area contributed by atoms with Crippen LogP contribution in [0.4, 0.5) is 0 Å².